The maximum absolute atomic E-state index is 14.0. The van der Waals surface area contributed by atoms with E-state index in [0.29, 0.717) is 6.42 Å². The Kier molecular flexibility index (Phi) is 8.09. The summed E-state index contributed by atoms with van der Waals surface area (Å²) in [5, 5.41) is 0. The van der Waals surface area contributed by atoms with Crippen molar-refractivity contribution in [3.05, 3.63) is 23.8 Å². The highest BCUT2D eigenvalue weighted by Crippen LogP contribution is 2.75. The summed E-state index contributed by atoms with van der Waals surface area (Å²) < 4.78 is 5.95. The first-order valence-corrected chi connectivity index (χ1v) is 15.5. The normalized spacial score (nSPS) is 39.8. The van der Waals surface area contributed by atoms with Crippen molar-refractivity contribution in [1.29, 1.82) is 0 Å². The van der Waals surface area contributed by atoms with Crippen LogP contribution in [0.3, 0.4) is 0 Å². The van der Waals surface area contributed by atoms with E-state index in [2.05, 4.69) is 59.8 Å². The molecule has 3 heteroatoms. The van der Waals surface area contributed by atoms with Gasteiger partial charge in [-0.1, -0.05) is 103 Å². The second-order valence-electron chi connectivity index (χ2n) is 14.4. The van der Waals surface area contributed by atoms with E-state index < -0.39 is 22.0 Å². The van der Waals surface area contributed by atoms with Crippen LogP contribution in [0.25, 0.3) is 0 Å². The van der Waals surface area contributed by atoms with Gasteiger partial charge in [-0.25, -0.2) is 0 Å². The second-order valence-corrected chi connectivity index (χ2v) is 14.4. The van der Waals surface area contributed by atoms with Crippen LogP contribution in [-0.4, -0.2) is 22.8 Å². The van der Waals surface area contributed by atoms with E-state index in [1.807, 2.05) is 13.8 Å². The van der Waals surface area contributed by atoms with Gasteiger partial charge in [0.2, 0.25) is 0 Å². The van der Waals surface area contributed by atoms with Crippen molar-refractivity contribution < 1.29 is 14.3 Å². The molecule has 8 atom stereocenters. The third kappa shape index (κ3) is 4.64. The average molecular weight is 511 g/mol. The number of allylic oxidation sites excluding steroid dienone is 4. The Balaban J connectivity index is 1.27. The Hall–Kier alpha value is -1.22. The molecule has 0 amide bonds. The van der Waals surface area contributed by atoms with Gasteiger partial charge in [-0.05, 0) is 76.0 Å². The third-order valence-corrected chi connectivity index (χ3v) is 11.3. The summed E-state index contributed by atoms with van der Waals surface area (Å²) in [6, 6.07) is 0. The van der Waals surface area contributed by atoms with Crippen molar-refractivity contribution in [2.24, 2.45) is 40.4 Å². The van der Waals surface area contributed by atoms with Crippen molar-refractivity contribution in [2.75, 3.05) is 0 Å². The van der Waals surface area contributed by atoms with Crippen LogP contribution in [0.2, 0.25) is 0 Å². The minimum atomic E-state index is -0.939. The molecular formula is C34H54O3. The van der Waals surface area contributed by atoms with Gasteiger partial charge in [0.15, 0.2) is 22.8 Å². The molecule has 1 heterocycles. The predicted octanol–water partition coefficient (Wildman–Crippen LogP) is 8.66. The van der Waals surface area contributed by atoms with Crippen LogP contribution in [0.4, 0.5) is 0 Å². The minimum Gasteiger partial charge on any atom is -0.346 e. The number of epoxide rings is 1. The Morgan fingerprint density at radius 1 is 0.865 bits per heavy atom. The highest BCUT2D eigenvalue weighted by molar-refractivity contribution is 6.16. The van der Waals surface area contributed by atoms with E-state index in [1.54, 1.807) is 0 Å². The van der Waals surface area contributed by atoms with Crippen molar-refractivity contribution in [3.63, 3.8) is 0 Å². The summed E-state index contributed by atoms with van der Waals surface area (Å²) >= 11 is 0. The zero-order valence-electron chi connectivity index (χ0n) is 25.1. The lowest BCUT2D eigenvalue weighted by molar-refractivity contribution is -0.158. The molecule has 2 saturated carbocycles. The fraction of sp³-hybridized carbons (Fsp3) is 0.824. The number of hydrogen-bond donors (Lipinski definition) is 0. The first-order chi connectivity index (χ1) is 17.3. The lowest BCUT2D eigenvalue weighted by atomic mass is 9.46. The molecule has 3 nitrogen and oxygen atoms in total. The van der Waals surface area contributed by atoms with Crippen molar-refractivity contribution in [1.82, 2.24) is 0 Å². The Bertz CT molecular complexity index is 945. The smallest absolute Gasteiger partial charge is 0.175 e. The van der Waals surface area contributed by atoms with Crippen LogP contribution in [0.5, 0.6) is 0 Å². The van der Waals surface area contributed by atoms with Gasteiger partial charge in [-0.2, -0.15) is 0 Å². The molecule has 1 aliphatic heterocycles. The topological polar surface area (TPSA) is 46.7 Å². The maximum Gasteiger partial charge on any atom is 0.175 e. The molecule has 37 heavy (non-hydrogen) atoms. The molecule has 1 saturated heterocycles. The Labute approximate surface area is 227 Å². The van der Waals surface area contributed by atoms with Crippen LogP contribution in [0, 0.1) is 40.4 Å². The fourth-order valence-electron chi connectivity index (χ4n) is 8.41. The van der Waals surface area contributed by atoms with Crippen LogP contribution in [-0.2, 0) is 14.3 Å². The first kappa shape index (κ1) is 28.8. The number of carbonyl (C=O) groups is 2. The van der Waals surface area contributed by atoms with E-state index in [0.717, 1.165) is 30.6 Å². The largest absolute Gasteiger partial charge is 0.346 e. The summed E-state index contributed by atoms with van der Waals surface area (Å²) in [4.78, 5) is 27.9. The molecule has 0 aromatic heterocycles. The first-order valence-electron chi connectivity index (χ1n) is 15.5. The van der Waals surface area contributed by atoms with Crippen LogP contribution >= 0.6 is 0 Å². The van der Waals surface area contributed by atoms with Gasteiger partial charge >= 0.3 is 0 Å². The van der Waals surface area contributed by atoms with Gasteiger partial charge in [0.25, 0.3) is 0 Å². The van der Waals surface area contributed by atoms with Crippen LogP contribution in [0.15, 0.2) is 23.8 Å². The van der Waals surface area contributed by atoms with E-state index in [-0.39, 0.29) is 23.4 Å². The molecule has 0 aromatic carbocycles. The molecule has 0 spiro atoms. The second kappa shape index (κ2) is 10.4. The standard InChI is InChI=1S/C34H54O3/c1-23(2)12-9-13-24(3)14-10-15-25(4)16-11-17-26(5)20-21-34-28-19-18-27(22-28)31(34,6)29(35)32(7)33(8,37-32)30(34)36/h18-20,23-25,27-28H,9-17,21-22H2,1-8H3/t24-,25-,27?,28?,31?,32?,33?,34?/m1/s1. The third-order valence-electron chi connectivity index (χ3n) is 11.3. The molecule has 208 valence electrons. The van der Waals surface area contributed by atoms with Gasteiger partial charge in [-0.15, -0.1) is 0 Å². The van der Waals surface area contributed by atoms with E-state index in [1.165, 1.54) is 56.9 Å². The molecule has 4 rings (SSSR count). The van der Waals surface area contributed by atoms with Crippen LogP contribution < -0.4 is 0 Å². The van der Waals surface area contributed by atoms with Gasteiger partial charge in [-0.3, -0.25) is 9.59 Å². The molecule has 6 unspecified atom stereocenters. The van der Waals surface area contributed by atoms with Crippen molar-refractivity contribution in [3.8, 4) is 0 Å². The number of Topliss-reactive ketones (excluding diaryl/α,β-unsaturated/α-hetero) is 2. The number of ketones is 2. The quantitative estimate of drug-likeness (QED) is 0.173. The molecule has 4 aliphatic rings. The number of rotatable bonds is 14. The lowest BCUT2D eigenvalue weighted by Gasteiger charge is -2.51. The number of carbonyl (C=O) groups excluding carboxylic acids is 2. The van der Waals surface area contributed by atoms with Gasteiger partial charge in [0.05, 0.1) is 5.41 Å². The molecule has 2 bridgehead atoms. The summed E-state index contributed by atoms with van der Waals surface area (Å²) in [7, 11) is 0. The number of hydrogen-bond acceptors (Lipinski definition) is 3. The predicted molar refractivity (Wildman–Crippen MR) is 152 cm³/mol. The summed E-state index contributed by atoms with van der Waals surface area (Å²) in [5.74, 6) is 3.11. The van der Waals surface area contributed by atoms with Gasteiger partial charge < -0.3 is 4.74 Å². The molecule has 0 N–H and O–H groups in total. The average Bonchev–Trinajstić information content (AvgIpc) is 3.13. The minimum absolute atomic E-state index is 0.154. The molecule has 0 radical (unpaired) electrons. The zero-order chi connectivity index (χ0) is 27.2. The number of fused-ring (bicyclic) bond motifs is 6. The van der Waals surface area contributed by atoms with Crippen LogP contribution in [0.1, 0.15) is 126 Å². The summed E-state index contributed by atoms with van der Waals surface area (Å²) in [5.41, 5.74) is -1.79. The van der Waals surface area contributed by atoms with E-state index in [4.69, 9.17) is 4.74 Å². The Morgan fingerprint density at radius 3 is 2.03 bits per heavy atom. The zero-order valence-corrected chi connectivity index (χ0v) is 25.1. The van der Waals surface area contributed by atoms with Crippen molar-refractivity contribution in [2.45, 2.75) is 137 Å². The molecule has 3 aliphatic carbocycles. The Morgan fingerprint density at radius 2 is 1.41 bits per heavy atom. The van der Waals surface area contributed by atoms with E-state index >= 15 is 0 Å². The summed E-state index contributed by atoms with van der Waals surface area (Å²) in [6.45, 7) is 17.5. The molecular weight excluding hydrogens is 456 g/mol. The highest BCUT2D eigenvalue weighted by Gasteiger charge is 2.87. The highest BCUT2D eigenvalue weighted by atomic mass is 16.6. The van der Waals surface area contributed by atoms with Crippen molar-refractivity contribution >= 4 is 11.6 Å². The number of ether oxygens (including phenoxy) is 1. The van der Waals surface area contributed by atoms with E-state index in [9.17, 15) is 9.59 Å². The van der Waals surface area contributed by atoms with Gasteiger partial charge in [0, 0.05) is 5.41 Å². The summed E-state index contributed by atoms with van der Waals surface area (Å²) in [6.07, 6.45) is 20.1. The molecule has 0 aromatic rings. The molecule has 3 fully saturated rings. The van der Waals surface area contributed by atoms with Gasteiger partial charge in [0.1, 0.15) is 0 Å². The fourth-order valence-corrected chi connectivity index (χ4v) is 8.41. The maximum atomic E-state index is 14.0. The lowest BCUT2D eigenvalue weighted by Crippen LogP contribution is -2.65. The monoisotopic (exact) mass is 510 g/mol. The SMILES string of the molecule is CC(=CCC12C(=O)C3(C)OC3(C)C(=O)C1(C)C1C=CC2C1)CCC[C@H](C)CCC[C@H](C)CCCC(C)C.